The number of phenols is 1. The molecule has 1 unspecified atom stereocenters. The maximum Gasteiger partial charge on any atom is 0.320 e. The van der Waals surface area contributed by atoms with Crippen LogP contribution in [0, 0.1) is 0 Å². The molecule has 146 valence electrons. The van der Waals surface area contributed by atoms with E-state index in [-0.39, 0.29) is 23.2 Å². The van der Waals surface area contributed by atoms with Crippen LogP contribution in [0.3, 0.4) is 0 Å². The number of nitrogens with one attached hydrogen (secondary N) is 2. The molecule has 0 aliphatic rings. The van der Waals surface area contributed by atoms with Gasteiger partial charge in [0.1, 0.15) is 11.1 Å². The Morgan fingerprint density at radius 2 is 1.89 bits per heavy atom. The van der Waals surface area contributed by atoms with Crippen LogP contribution in [-0.4, -0.2) is 37.9 Å². The molecule has 9 nitrogen and oxygen atoms in total. The van der Waals surface area contributed by atoms with E-state index in [0.29, 0.717) is 5.39 Å². The maximum atomic E-state index is 12.1. The van der Waals surface area contributed by atoms with Crippen LogP contribution in [0.15, 0.2) is 47.2 Å². The molecule has 0 aliphatic carbocycles. The van der Waals surface area contributed by atoms with Crippen molar-refractivity contribution < 1.29 is 31.3 Å². The fraction of sp³-hybridized carbons (Fsp3) is 0.188. The summed E-state index contributed by atoms with van der Waals surface area (Å²) in [5, 5.41) is 14.8. The SMILES string of the molecule is C=CS(=O)(=O)C(CC)NC(=O)Nc1ccc2c(O)cc(S(=O)(=O)O)cc2c1. The average molecular weight is 414 g/mol. The summed E-state index contributed by atoms with van der Waals surface area (Å²) < 4.78 is 55.3. The molecule has 2 rings (SSSR count). The molecule has 0 aliphatic heterocycles. The highest BCUT2D eigenvalue weighted by Crippen LogP contribution is 2.30. The molecule has 0 radical (unpaired) electrons. The van der Waals surface area contributed by atoms with E-state index in [2.05, 4.69) is 17.2 Å². The van der Waals surface area contributed by atoms with Gasteiger partial charge in [0.15, 0.2) is 9.84 Å². The number of sulfone groups is 1. The summed E-state index contributed by atoms with van der Waals surface area (Å²) in [6.45, 7) is 4.80. The lowest BCUT2D eigenvalue weighted by atomic mass is 10.1. The van der Waals surface area contributed by atoms with Crippen LogP contribution in [0.1, 0.15) is 13.3 Å². The summed E-state index contributed by atoms with van der Waals surface area (Å²) in [7, 11) is -8.22. The van der Waals surface area contributed by atoms with Gasteiger partial charge >= 0.3 is 6.03 Å². The minimum atomic E-state index is -4.53. The molecular formula is C16H18N2O7S2. The van der Waals surface area contributed by atoms with Crippen LogP contribution < -0.4 is 10.6 Å². The zero-order valence-corrected chi connectivity index (χ0v) is 15.8. The highest BCUT2D eigenvalue weighted by atomic mass is 32.2. The van der Waals surface area contributed by atoms with Crippen molar-refractivity contribution in [2.24, 2.45) is 0 Å². The minimum absolute atomic E-state index is 0.130. The van der Waals surface area contributed by atoms with Gasteiger partial charge in [-0.1, -0.05) is 13.5 Å². The van der Waals surface area contributed by atoms with E-state index >= 15 is 0 Å². The fourth-order valence-electron chi connectivity index (χ4n) is 2.40. The van der Waals surface area contributed by atoms with Crippen molar-refractivity contribution in [2.45, 2.75) is 23.6 Å². The lowest BCUT2D eigenvalue weighted by Gasteiger charge is -2.16. The van der Waals surface area contributed by atoms with Crippen molar-refractivity contribution in [2.75, 3.05) is 5.32 Å². The van der Waals surface area contributed by atoms with Crippen LogP contribution in [0.2, 0.25) is 0 Å². The van der Waals surface area contributed by atoms with Crippen LogP contribution in [0.4, 0.5) is 10.5 Å². The standard InChI is InChI=1S/C16H18N2O7S2/c1-3-15(26(21,22)4-2)18-16(20)17-11-5-6-13-10(7-11)8-12(9-14(13)19)27(23,24)25/h4-9,15,19H,2-3H2,1H3,(H2,17,18,20)(H,23,24,25). The number of urea groups is 1. The second-order valence-corrected chi connectivity index (χ2v) is 9.11. The fourth-order valence-corrected chi connectivity index (χ4v) is 3.90. The molecule has 0 fully saturated rings. The minimum Gasteiger partial charge on any atom is -0.507 e. The van der Waals surface area contributed by atoms with Crippen LogP contribution in [-0.2, 0) is 20.0 Å². The summed E-state index contributed by atoms with van der Waals surface area (Å²) in [5.74, 6) is -0.362. The van der Waals surface area contributed by atoms with Crippen molar-refractivity contribution >= 4 is 42.4 Å². The molecule has 2 aromatic carbocycles. The highest BCUT2D eigenvalue weighted by Gasteiger charge is 2.22. The maximum absolute atomic E-state index is 12.1. The van der Waals surface area contributed by atoms with Gasteiger partial charge in [-0.2, -0.15) is 8.42 Å². The molecule has 11 heteroatoms. The Hall–Kier alpha value is -2.63. The largest absolute Gasteiger partial charge is 0.507 e. The number of rotatable bonds is 6. The lowest BCUT2D eigenvalue weighted by Crippen LogP contribution is -2.41. The molecule has 0 heterocycles. The molecule has 0 spiro atoms. The van der Waals surface area contributed by atoms with Gasteiger partial charge in [-0.15, -0.1) is 0 Å². The van der Waals surface area contributed by atoms with Crippen molar-refractivity contribution in [1.82, 2.24) is 5.32 Å². The van der Waals surface area contributed by atoms with Gasteiger partial charge in [0.05, 0.1) is 4.90 Å². The Morgan fingerprint density at radius 3 is 2.44 bits per heavy atom. The molecule has 2 amide bonds. The molecule has 4 N–H and O–H groups in total. The molecule has 0 saturated carbocycles. The first kappa shape index (κ1) is 20.7. The molecule has 1 atom stereocenters. The van der Waals surface area contributed by atoms with E-state index in [1.54, 1.807) is 6.92 Å². The number of carbonyl (C=O) groups excluding carboxylic acids is 1. The second kappa shape index (κ2) is 7.55. The van der Waals surface area contributed by atoms with E-state index in [0.717, 1.165) is 17.5 Å². The van der Waals surface area contributed by atoms with Crippen molar-refractivity contribution in [3.8, 4) is 5.75 Å². The topological polar surface area (TPSA) is 150 Å². The van der Waals surface area contributed by atoms with E-state index in [4.69, 9.17) is 4.55 Å². The third-order valence-corrected chi connectivity index (χ3v) is 6.29. The number of amides is 2. The van der Waals surface area contributed by atoms with Crippen molar-refractivity contribution in [1.29, 1.82) is 0 Å². The summed E-state index contributed by atoms with van der Waals surface area (Å²) in [6.07, 6.45) is 0.130. The number of aromatic hydroxyl groups is 1. The monoisotopic (exact) mass is 414 g/mol. The predicted octanol–water partition coefficient (Wildman–Crippen LogP) is 2.21. The number of phenolic OH excluding ortho intramolecular Hbond substituents is 1. The number of carbonyl (C=O) groups is 1. The smallest absolute Gasteiger partial charge is 0.320 e. The Kier molecular flexibility index (Phi) is 5.78. The first-order valence-electron chi connectivity index (χ1n) is 7.66. The van der Waals surface area contributed by atoms with Gasteiger partial charge in [-0.05, 0) is 36.1 Å². The van der Waals surface area contributed by atoms with Crippen LogP contribution >= 0.6 is 0 Å². The zero-order chi connectivity index (χ0) is 20.4. The number of anilines is 1. The van der Waals surface area contributed by atoms with Crippen molar-refractivity contribution in [3.05, 3.63) is 42.3 Å². The molecule has 0 saturated heterocycles. The lowest BCUT2D eigenvalue weighted by molar-refractivity contribution is 0.251. The van der Waals surface area contributed by atoms with Crippen molar-refractivity contribution in [3.63, 3.8) is 0 Å². The van der Waals surface area contributed by atoms with Gasteiger partial charge < -0.3 is 15.7 Å². The Morgan fingerprint density at radius 1 is 1.22 bits per heavy atom. The third kappa shape index (κ3) is 4.76. The molecule has 0 aromatic heterocycles. The van der Waals surface area contributed by atoms with Crippen LogP contribution in [0.25, 0.3) is 10.8 Å². The summed E-state index contributed by atoms with van der Waals surface area (Å²) in [4.78, 5) is 11.6. The predicted molar refractivity (Wildman–Crippen MR) is 101 cm³/mol. The van der Waals surface area contributed by atoms with Gasteiger partial charge in [-0.3, -0.25) is 4.55 Å². The molecular weight excluding hydrogens is 396 g/mol. The average Bonchev–Trinajstić information content (AvgIpc) is 2.58. The van der Waals surface area contributed by atoms with E-state index in [9.17, 15) is 26.7 Å². The van der Waals surface area contributed by atoms with E-state index < -0.39 is 36.3 Å². The normalized spacial score (nSPS) is 13.1. The number of hydrogen-bond donors (Lipinski definition) is 4. The van der Waals surface area contributed by atoms with Gasteiger partial charge in [0.25, 0.3) is 10.1 Å². The van der Waals surface area contributed by atoms with E-state index in [1.807, 2.05) is 0 Å². The first-order chi connectivity index (χ1) is 12.5. The number of fused-ring (bicyclic) bond motifs is 1. The van der Waals surface area contributed by atoms with Gasteiger partial charge in [0, 0.05) is 22.5 Å². The molecule has 2 aromatic rings. The molecule has 27 heavy (non-hydrogen) atoms. The Bertz CT molecular complexity index is 1110. The second-order valence-electron chi connectivity index (χ2n) is 5.60. The van der Waals surface area contributed by atoms with Gasteiger partial charge in [0.2, 0.25) is 0 Å². The Balaban J connectivity index is 2.31. The summed E-state index contributed by atoms with van der Waals surface area (Å²) in [5.41, 5.74) is 0.220. The third-order valence-electron chi connectivity index (χ3n) is 3.75. The quantitative estimate of drug-likeness (QED) is 0.529. The number of hydrogen-bond acceptors (Lipinski definition) is 6. The zero-order valence-electron chi connectivity index (χ0n) is 14.2. The molecule has 0 bridgehead atoms. The summed E-state index contributed by atoms with van der Waals surface area (Å²) >= 11 is 0. The Labute approximate surface area is 156 Å². The first-order valence-corrected chi connectivity index (χ1v) is 10.7. The van der Waals surface area contributed by atoms with Gasteiger partial charge in [-0.25, -0.2) is 13.2 Å². The van der Waals surface area contributed by atoms with Crippen LogP contribution in [0.5, 0.6) is 5.75 Å². The van der Waals surface area contributed by atoms with E-state index in [1.165, 1.54) is 18.2 Å². The number of benzene rings is 2. The highest BCUT2D eigenvalue weighted by molar-refractivity contribution is 7.94. The summed E-state index contributed by atoms with van der Waals surface area (Å²) in [6, 6.07) is 5.49.